The summed E-state index contributed by atoms with van der Waals surface area (Å²) in [5.41, 5.74) is 1.42. The second-order valence-corrected chi connectivity index (χ2v) is 8.10. The highest BCUT2D eigenvalue weighted by molar-refractivity contribution is 7.99. The van der Waals surface area contributed by atoms with E-state index in [1.54, 1.807) is 18.2 Å². The number of carbonyl (C=O) groups is 1. The van der Waals surface area contributed by atoms with Crippen LogP contribution in [0.5, 0.6) is 0 Å². The van der Waals surface area contributed by atoms with Gasteiger partial charge in [-0.25, -0.2) is 4.98 Å². The lowest BCUT2D eigenvalue weighted by Crippen LogP contribution is -2.26. The van der Waals surface area contributed by atoms with Gasteiger partial charge < -0.3 is 5.32 Å². The fourth-order valence-corrected chi connectivity index (χ4v) is 4.15. The Morgan fingerprint density at radius 2 is 1.97 bits per heavy atom. The number of hydrogen-bond donors (Lipinski definition) is 2. The highest BCUT2D eigenvalue weighted by atomic mass is 35.5. The van der Waals surface area contributed by atoms with Gasteiger partial charge >= 0.3 is 0 Å². The van der Waals surface area contributed by atoms with Gasteiger partial charge in [0.15, 0.2) is 10.8 Å². The number of amides is 1. The zero-order chi connectivity index (χ0) is 21.1. The number of H-pyrrole nitrogens is 1. The number of aromatic nitrogens is 4. The van der Waals surface area contributed by atoms with Crippen molar-refractivity contribution in [3.05, 3.63) is 80.7 Å². The molecule has 0 aliphatic carbocycles. The maximum Gasteiger partial charge on any atom is 0.269 e. The number of rotatable bonds is 6. The molecule has 2 aromatic heterocycles. The number of halogens is 2. The minimum atomic E-state index is -0.342. The molecule has 2 aromatic carbocycles. The first-order chi connectivity index (χ1) is 14.5. The van der Waals surface area contributed by atoms with Gasteiger partial charge in [0, 0.05) is 11.6 Å². The molecular weight excluding hydrogens is 445 g/mol. The maximum absolute atomic E-state index is 13.1. The standard InChI is InChI=1S/C20H15Cl2N5O2S/c21-13-6-7-16(15(22)8-13)27-19(29)14-10-24-26-18(14)25-20(27)30-11-17(28)23-9-12-4-2-1-3-5-12/h1-8,10H,9,11H2,(H,23,28)(H,24,26). The summed E-state index contributed by atoms with van der Waals surface area (Å²) in [4.78, 5) is 29.9. The van der Waals surface area contributed by atoms with E-state index < -0.39 is 0 Å². The third-order valence-electron chi connectivity index (χ3n) is 4.27. The first-order valence-electron chi connectivity index (χ1n) is 8.88. The van der Waals surface area contributed by atoms with Crippen LogP contribution in [0.2, 0.25) is 10.0 Å². The molecule has 0 unspecified atom stereocenters. The van der Waals surface area contributed by atoms with Gasteiger partial charge in [0.25, 0.3) is 5.56 Å². The van der Waals surface area contributed by atoms with Crippen molar-refractivity contribution < 1.29 is 4.79 Å². The van der Waals surface area contributed by atoms with Crippen molar-refractivity contribution in [1.82, 2.24) is 25.1 Å². The van der Waals surface area contributed by atoms with Gasteiger partial charge in [-0.1, -0.05) is 65.3 Å². The molecule has 0 bridgehead atoms. The van der Waals surface area contributed by atoms with Gasteiger partial charge in [-0.2, -0.15) is 5.10 Å². The summed E-state index contributed by atoms with van der Waals surface area (Å²) in [6.45, 7) is 0.420. The Kier molecular flexibility index (Phi) is 6.08. The van der Waals surface area contributed by atoms with Gasteiger partial charge in [-0.3, -0.25) is 19.3 Å². The molecule has 7 nitrogen and oxygen atoms in total. The number of hydrogen-bond acceptors (Lipinski definition) is 5. The first-order valence-corrected chi connectivity index (χ1v) is 10.6. The molecule has 152 valence electrons. The molecular formula is C20H15Cl2N5O2S. The zero-order valence-corrected chi connectivity index (χ0v) is 17.8. The molecule has 0 radical (unpaired) electrons. The Bertz CT molecular complexity index is 1270. The van der Waals surface area contributed by atoms with E-state index in [4.69, 9.17) is 23.2 Å². The highest BCUT2D eigenvalue weighted by Gasteiger charge is 2.18. The number of nitrogens with zero attached hydrogens (tertiary/aromatic N) is 3. The topological polar surface area (TPSA) is 92.7 Å². The second kappa shape index (κ2) is 8.91. The van der Waals surface area contributed by atoms with Crippen LogP contribution in [0.4, 0.5) is 0 Å². The number of carbonyl (C=O) groups excluding carboxylic acids is 1. The third kappa shape index (κ3) is 4.35. The normalized spacial score (nSPS) is 11.0. The van der Waals surface area contributed by atoms with Gasteiger partial charge in [0.05, 0.1) is 22.7 Å². The summed E-state index contributed by atoms with van der Waals surface area (Å²) in [5, 5.41) is 10.8. The molecule has 4 aromatic rings. The fraction of sp³-hybridized carbons (Fsp3) is 0.100. The molecule has 0 aliphatic rings. The summed E-state index contributed by atoms with van der Waals surface area (Å²) in [7, 11) is 0. The molecule has 0 fully saturated rings. The molecule has 10 heteroatoms. The van der Waals surface area contributed by atoms with Crippen LogP contribution >= 0.6 is 35.0 Å². The van der Waals surface area contributed by atoms with Crippen LogP contribution in [-0.4, -0.2) is 31.4 Å². The van der Waals surface area contributed by atoms with Gasteiger partial charge in [-0.15, -0.1) is 0 Å². The predicted octanol–water partition coefficient (Wildman–Crippen LogP) is 3.82. The monoisotopic (exact) mass is 459 g/mol. The molecule has 2 heterocycles. The van der Waals surface area contributed by atoms with Crippen LogP contribution in [0.15, 0.2) is 64.7 Å². The summed E-state index contributed by atoms with van der Waals surface area (Å²) < 4.78 is 1.37. The maximum atomic E-state index is 13.1. The van der Waals surface area contributed by atoms with Crippen molar-refractivity contribution in [3.63, 3.8) is 0 Å². The largest absolute Gasteiger partial charge is 0.351 e. The molecule has 0 aliphatic heterocycles. The Balaban J connectivity index is 1.61. The van der Waals surface area contributed by atoms with E-state index in [0.717, 1.165) is 17.3 Å². The lowest BCUT2D eigenvalue weighted by Gasteiger charge is -2.13. The lowest BCUT2D eigenvalue weighted by atomic mass is 10.2. The average Bonchev–Trinajstić information content (AvgIpc) is 3.21. The second-order valence-electron chi connectivity index (χ2n) is 6.31. The van der Waals surface area contributed by atoms with E-state index in [0.29, 0.717) is 38.5 Å². The van der Waals surface area contributed by atoms with Crippen LogP contribution < -0.4 is 10.9 Å². The summed E-state index contributed by atoms with van der Waals surface area (Å²) in [6, 6.07) is 14.4. The summed E-state index contributed by atoms with van der Waals surface area (Å²) in [6.07, 6.45) is 1.41. The van der Waals surface area contributed by atoms with Crippen LogP contribution in [0.25, 0.3) is 16.7 Å². The molecule has 1 amide bonds. The van der Waals surface area contributed by atoms with Crippen molar-refractivity contribution >= 4 is 51.9 Å². The lowest BCUT2D eigenvalue weighted by molar-refractivity contribution is -0.118. The minimum Gasteiger partial charge on any atom is -0.351 e. The van der Waals surface area contributed by atoms with Crippen molar-refractivity contribution in [3.8, 4) is 5.69 Å². The summed E-state index contributed by atoms with van der Waals surface area (Å²) in [5.74, 6) is -0.110. The molecule has 30 heavy (non-hydrogen) atoms. The van der Waals surface area contributed by atoms with E-state index in [9.17, 15) is 9.59 Å². The Morgan fingerprint density at radius 3 is 2.73 bits per heavy atom. The van der Waals surface area contributed by atoms with Crippen LogP contribution in [0.3, 0.4) is 0 Å². The molecule has 2 N–H and O–H groups in total. The molecule has 4 rings (SSSR count). The fourth-order valence-electron chi connectivity index (χ4n) is 2.82. The minimum absolute atomic E-state index is 0.0735. The number of fused-ring (bicyclic) bond motifs is 1. The van der Waals surface area contributed by atoms with Crippen molar-refractivity contribution in [1.29, 1.82) is 0 Å². The van der Waals surface area contributed by atoms with E-state index in [2.05, 4.69) is 20.5 Å². The van der Waals surface area contributed by atoms with E-state index in [1.165, 1.54) is 10.8 Å². The summed E-state index contributed by atoms with van der Waals surface area (Å²) >= 11 is 13.4. The molecule has 0 spiro atoms. The van der Waals surface area contributed by atoms with Crippen molar-refractivity contribution in [2.45, 2.75) is 11.7 Å². The van der Waals surface area contributed by atoms with E-state index in [-0.39, 0.29) is 17.2 Å². The average molecular weight is 460 g/mol. The van der Waals surface area contributed by atoms with E-state index >= 15 is 0 Å². The number of thioether (sulfide) groups is 1. The van der Waals surface area contributed by atoms with Crippen LogP contribution in [-0.2, 0) is 11.3 Å². The van der Waals surface area contributed by atoms with Gasteiger partial charge in [-0.05, 0) is 23.8 Å². The van der Waals surface area contributed by atoms with Crippen molar-refractivity contribution in [2.75, 3.05) is 5.75 Å². The molecule has 0 atom stereocenters. The quantitative estimate of drug-likeness (QED) is 0.337. The predicted molar refractivity (Wildman–Crippen MR) is 119 cm³/mol. The number of nitrogens with one attached hydrogen (secondary N) is 2. The van der Waals surface area contributed by atoms with E-state index in [1.807, 2.05) is 30.3 Å². The highest BCUT2D eigenvalue weighted by Crippen LogP contribution is 2.27. The molecule has 0 saturated carbocycles. The zero-order valence-electron chi connectivity index (χ0n) is 15.4. The number of benzene rings is 2. The van der Waals surface area contributed by atoms with Gasteiger partial charge in [0.2, 0.25) is 5.91 Å². The van der Waals surface area contributed by atoms with Crippen LogP contribution in [0, 0.1) is 0 Å². The van der Waals surface area contributed by atoms with Crippen LogP contribution in [0.1, 0.15) is 5.56 Å². The Morgan fingerprint density at radius 1 is 1.17 bits per heavy atom. The molecule has 0 saturated heterocycles. The first kappa shape index (κ1) is 20.5. The SMILES string of the molecule is O=C(CSc1nc2[nH]ncc2c(=O)n1-c1ccc(Cl)cc1Cl)NCc1ccccc1. The Hall–Kier alpha value is -2.81. The number of aromatic amines is 1. The van der Waals surface area contributed by atoms with Crippen molar-refractivity contribution in [2.24, 2.45) is 0 Å². The van der Waals surface area contributed by atoms with Gasteiger partial charge in [0.1, 0.15) is 5.39 Å². The third-order valence-corrected chi connectivity index (χ3v) is 5.74. The smallest absolute Gasteiger partial charge is 0.269 e. The Labute approximate surface area is 185 Å².